The molecule has 1 atom stereocenters. The third-order valence-electron chi connectivity index (χ3n) is 4.05. The zero-order valence-corrected chi connectivity index (χ0v) is 12.4. The van der Waals surface area contributed by atoms with Gasteiger partial charge < -0.3 is 15.7 Å². The van der Waals surface area contributed by atoms with Gasteiger partial charge in [-0.1, -0.05) is 0 Å². The lowest BCUT2D eigenvalue weighted by Crippen LogP contribution is -2.56. The molecule has 0 spiro atoms. The van der Waals surface area contributed by atoms with Gasteiger partial charge in [0.05, 0.1) is 6.20 Å². The molecule has 1 aromatic heterocycles. The molecule has 1 aliphatic rings. The molecule has 1 fully saturated rings. The standard InChI is InChI=1S/C14H22N4O3/c1-9-10(8-16-18-9)4-3-7-15-13(21)17-14(2,12(19)20)11-5-6-11/h8,11H,3-7H2,1-2H3,(H,16,18)(H,19,20)(H2,15,17,21). The largest absolute Gasteiger partial charge is 0.480 e. The van der Waals surface area contributed by atoms with Crippen molar-refractivity contribution >= 4 is 12.0 Å². The van der Waals surface area contributed by atoms with Crippen LogP contribution in [0.5, 0.6) is 0 Å². The predicted molar refractivity (Wildman–Crippen MR) is 76.9 cm³/mol. The first kappa shape index (κ1) is 15.3. The quantitative estimate of drug-likeness (QED) is 0.567. The normalized spacial score (nSPS) is 17.0. The van der Waals surface area contributed by atoms with E-state index in [4.69, 9.17) is 0 Å². The van der Waals surface area contributed by atoms with Crippen molar-refractivity contribution in [2.75, 3.05) is 6.54 Å². The van der Waals surface area contributed by atoms with Gasteiger partial charge in [0.25, 0.3) is 0 Å². The highest BCUT2D eigenvalue weighted by Crippen LogP contribution is 2.39. The summed E-state index contributed by atoms with van der Waals surface area (Å²) in [6.45, 7) is 4.02. The molecule has 0 aliphatic heterocycles. The van der Waals surface area contributed by atoms with Gasteiger partial charge in [-0.3, -0.25) is 5.10 Å². The summed E-state index contributed by atoms with van der Waals surface area (Å²) >= 11 is 0. The fourth-order valence-corrected chi connectivity index (χ4v) is 2.38. The summed E-state index contributed by atoms with van der Waals surface area (Å²) in [6.07, 6.45) is 5.08. The minimum atomic E-state index is -1.16. The van der Waals surface area contributed by atoms with Crippen LogP contribution in [0.3, 0.4) is 0 Å². The van der Waals surface area contributed by atoms with Gasteiger partial charge >= 0.3 is 12.0 Å². The van der Waals surface area contributed by atoms with Gasteiger partial charge in [0.15, 0.2) is 0 Å². The number of carboxylic acids is 1. The van der Waals surface area contributed by atoms with Crippen LogP contribution < -0.4 is 10.6 Å². The summed E-state index contributed by atoms with van der Waals surface area (Å²) in [6, 6.07) is -0.421. The van der Waals surface area contributed by atoms with E-state index in [1.165, 1.54) is 0 Å². The Morgan fingerprint density at radius 1 is 1.52 bits per heavy atom. The third-order valence-corrected chi connectivity index (χ3v) is 4.05. The monoisotopic (exact) mass is 294 g/mol. The van der Waals surface area contributed by atoms with E-state index >= 15 is 0 Å². The van der Waals surface area contributed by atoms with Crippen molar-refractivity contribution in [2.24, 2.45) is 5.92 Å². The Morgan fingerprint density at radius 3 is 2.76 bits per heavy atom. The number of hydrogen-bond donors (Lipinski definition) is 4. The lowest BCUT2D eigenvalue weighted by molar-refractivity contribution is -0.144. The highest BCUT2D eigenvalue weighted by Gasteiger charge is 2.48. The molecule has 1 heterocycles. The number of aromatic amines is 1. The van der Waals surface area contributed by atoms with Gasteiger partial charge in [0.1, 0.15) is 5.54 Å². The number of nitrogens with one attached hydrogen (secondary N) is 3. The van der Waals surface area contributed by atoms with Crippen molar-refractivity contribution in [3.05, 3.63) is 17.5 Å². The number of aryl methyl sites for hydroxylation is 2. The van der Waals surface area contributed by atoms with Crippen LogP contribution in [0.2, 0.25) is 0 Å². The Labute approximate surface area is 123 Å². The number of urea groups is 1. The fraction of sp³-hybridized carbons (Fsp3) is 0.643. The average Bonchev–Trinajstić information content (AvgIpc) is 3.19. The minimum absolute atomic E-state index is 0.0364. The van der Waals surface area contributed by atoms with Crippen molar-refractivity contribution in [3.8, 4) is 0 Å². The SMILES string of the molecule is Cc1[nH]ncc1CCCNC(=O)NC(C)(C(=O)O)C1CC1. The molecule has 0 bridgehead atoms. The summed E-state index contributed by atoms with van der Waals surface area (Å²) in [7, 11) is 0. The lowest BCUT2D eigenvalue weighted by atomic mass is 9.96. The summed E-state index contributed by atoms with van der Waals surface area (Å²) in [5.74, 6) is -0.941. The molecule has 1 unspecified atom stereocenters. The molecule has 2 amide bonds. The number of carboxylic acid groups (broad SMARTS) is 1. The van der Waals surface area contributed by atoms with Crippen molar-refractivity contribution in [1.29, 1.82) is 0 Å². The van der Waals surface area contributed by atoms with Crippen molar-refractivity contribution in [2.45, 2.75) is 45.1 Å². The van der Waals surface area contributed by atoms with Crippen LogP contribution in [-0.4, -0.2) is 39.4 Å². The molecule has 1 saturated carbocycles. The van der Waals surface area contributed by atoms with Crippen LogP contribution in [0.1, 0.15) is 37.4 Å². The number of H-pyrrole nitrogens is 1. The van der Waals surface area contributed by atoms with E-state index in [1.807, 2.05) is 6.92 Å². The molecule has 116 valence electrons. The molecule has 0 aromatic carbocycles. The number of aliphatic carboxylic acids is 1. The number of hydrogen-bond acceptors (Lipinski definition) is 3. The second-order valence-electron chi connectivity index (χ2n) is 5.79. The maximum atomic E-state index is 11.8. The molecule has 2 rings (SSSR count). The molecule has 4 N–H and O–H groups in total. The summed E-state index contributed by atoms with van der Waals surface area (Å²) < 4.78 is 0. The lowest BCUT2D eigenvalue weighted by Gasteiger charge is -2.26. The molecule has 1 aromatic rings. The first-order chi connectivity index (χ1) is 9.93. The minimum Gasteiger partial charge on any atom is -0.480 e. The molecule has 1 aliphatic carbocycles. The summed E-state index contributed by atoms with van der Waals surface area (Å²) in [5.41, 5.74) is 1.00. The second kappa shape index (κ2) is 6.15. The van der Waals surface area contributed by atoms with Crippen LogP contribution in [0.15, 0.2) is 6.20 Å². The first-order valence-corrected chi connectivity index (χ1v) is 7.21. The van der Waals surface area contributed by atoms with Gasteiger partial charge in [-0.05, 0) is 51.0 Å². The van der Waals surface area contributed by atoms with Crippen LogP contribution in [-0.2, 0) is 11.2 Å². The van der Waals surface area contributed by atoms with Gasteiger partial charge in [-0.25, -0.2) is 9.59 Å². The predicted octanol–water partition coefficient (Wildman–Crippen LogP) is 1.20. The fourth-order valence-electron chi connectivity index (χ4n) is 2.38. The van der Waals surface area contributed by atoms with Crippen LogP contribution in [0, 0.1) is 12.8 Å². The summed E-state index contributed by atoms with van der Waals surface area (Å²) in [5, 5.41) is 21.4. The third kappa shape index (κ3) is 3.74. The molecular weight excluding hydrogens is 272 g/mol. The number of amides is 2. The molecular formula is C14H22N4O3. The van der Waals surface area contributed by atoms with E-state index in [0.717, 1.165) is 36.9 Å². The average molecular weight is 294 g/mol. The zero-order chi connectivity index (χ0) is 15.5. The van der Waals surface area contributed by atoms with E-state index in [9.17, 15) is 14.7 Å². The molecule has 7 nitrogen and oxygen atoms in total. The smallest absolute Gasteiger partial charge is 0.329 e. The van der Waals surface area contributed by atoms with E-state index in [2.05, 4.69) is 20.8 Å². The number of carbonyl (C=O) groups excluding carboxylic acids is 1. The number of nitrogens with zero attached hydrogens (tertiary/aromatic N) is 1. The van der Waals surface area contributed by atoms with E-state index in [0.29, 0.717) is 6.54 Å². The van der Waals surface area contributed by atoms with E-state index in [1.54, 1.807) is 13.1 Å². The van der Waals surface area contributed by atoms with Crippen molar-refractivity contribution < 1.29 is 14.7 Å². The Hall–Kier alpha value is -2.05. The Balaban J connectivity index is 1.72. The number of carbonyl (C=O) groups is 2. The zero-order valence-electron chi connectivity index (χ0n) is 12.4. The second-order valence-corrected chi connectivity index (χ2v) is 5.79. The highest BCUT2D eigenvalue weighted by molar-refractivity contribution is 5.86. The van der Waals surface area contributed by atoms with Gasteiger partial charge in [-0.2, -0.15) is 5.10 Å². The Morgan fingerprint density at radius 2 is 2.24 bits per heavy atom. The maximum absolute atomic E-state index is 11.8. The molecule has 7 heteroatoms. The van der Waals surface area contributed by atoms with Gasteiger partial charge in [0.2, 0.25) is 0 Å². The van der Waals surface area contributed by atoms with E-state index < -0.39 is 17.5 Å². The first-order valence-electron chi connectivity index (χ1n) is 7.21. The van der Waals surface area contributed by atoms with E-state index in [-0.39, 0.29) is 5.92 Å². The maximum Gasteiger partial charge on any atom is 0.329 e. The van der Waals surface area contributed by atoms with Gasteiger partial charge in [0, 0.05) is 12.2 Å². The van der Waals surface area contributed by atoms with Crippen LogP contribution in [0.4, 0.5) is 4.79 Å². The number of aromatic nitrogens is 2. The topological polar surface area (TPSA) is 107 Å². The molecule has 0 saturated heterocycles. The molecule has 0 radical (unpaired) electrons. The highest BCUT2D eigenvalue weighted by atomic mass is 16.4. The van der Waals surface area contributed by atoms with Gasteiger partial charge in [-0.15, -0.1) is 0 Å². The molecule has 21 heavy (non-hydrogen) atoms. The Kier molecular flexibility index (Phi) is 4.50. The number of rotatable bonds is 7. The van der Waals surface area contributed by atoms with Crippen LogP contribution in [0.25, 0.3) is 0 Å². The van der Waals surface area contributed by atoms with Crippen molar-refractivity contribution in [3.63, 3.8) is 0 Å². The van der Waals surface area contributed by atoms with Crippen molar-refractivity contribution in [1.82, 2.24) is 20.8 Å². The Bertz CT molecular complexity index is 524. The summed E-state index contributed by atoms with van der Waals surface area (Å²) in [4.78, 5) is 23.1. The van der Waals surface area contributed by atoms with Crippen LogP contribution >= 0.6 is 0 Å².